The Morgan fingerprint density at radius 1 is 1.07 bits per heavy atom. The molecule has 0 atom stereocenters. The highest BCUT2D eigenvalue weighted by molar-refractivity contribution is 9.10. The summed E-state index contributed by atoms with van der Waals surface area (Å²) >= 11 is 5.06. The summed E-state index contributed by atoms with van der Waals surface area (Å²) in [6.07, 6.45) is 2.36. The fraction of sp³-hybridized carbons (Fsp3) is 0.304. The number of halogens is 1. The predicted molar refractivity (Wildman–Crippen MR) is 124 cm³/mol. The molecule has 0 fully saturated rings. The van der Waals surface area contributed by atoms with Crippen molar-refractivity contribution in [3.63, 3.8) is 0 Å². The maximum atomic E-state index is 12.8. The number of anilines is 2. The van der Waals surface area contributed by atoms with Gasteiger partial charge in [0.15, 0.2) is 5.13 Å². The summed E-state index contributed by atoms with van der Waals surface area (Å²) in [7, 11) is 0. The third-order valence-corrected chi connectivity index (χ3v) is 6.06. The molecule has 0 radical (unpaired) electrons. The number of aromatic nitrogens is 1. The molecule has 6 heteroatoms. The van der Waals surface area contributed by atoms with E-state index in [2.05, 4.69) is 22.9 Å². The first kappa shape index (κ1) is 21.5. The van der Waals surface area contributed by atoms with Gasteiger partial charge in [-0.2, -0.15) is 0 Å². The minimum Gasteiger partial charge on any atom is -0.494 e. The van der Waals surface area contributed by atoms with Crippen molar-refractivity contribution < 1.29 is 9.53 Å². The van der Waals surface area contributed by atoms with E-state index in [1.165, 1.54) is 4.88 Å². The van der Waals surface area contributed by atoms with Crippen LogP contribution in [0.2, 0.25) is 0 Å². The first-order valence-corrected chi connectivity index (χ1v) is 11.5. The molecule has 0 aliphatic heterocycles. The van der Waals surface area contributed by atoms with E-state index in [0.717, 1.165) is 40.0 Å². The van der Waals surface area contributed by atoms with E-state index in [9.17, 15) is 4.79 Å². The summed E-state index contributed by atoms with van der Waals surface area (Å²) in [5, 5.41) is 0.714. The highest BCUT2D eigenvalue weighted by Crippen LogP contribution is 2.38. The molecule has 0 saturated carbocycles. The molecule has 3 rings (SSSR count). The zero-order chi connectivity index (χ0) is 20.8. The Kier molecular flexibility index (Phi) is 7.45. The van der Waals surface area contributed by atoms with Crippen molar-refractivity contribution in [3.05, 3.63) is 57.9 Å². The lowest BCUT2D eigenvalue weighted by atomic mass is 10.1. The van der Waals surface area contributed by atoms with Gasteiger partial charge < -0.3 is 4.74 Å². The molecule has 1 heterocycles. The van der Waals surface area contributed by atoms with Crippen molar-refractivity contribution in [1.82, 2.24) is 4.98 Å². The monoisotopic (exact) mass is 472 g/mol. The van der Waals surface area contributed by atoms with Crippen LogP contribution in [0.5, 0.6) is 5.75 Å². The summed E-state index contributed by atoms with van der Waals surface area (Å²) in [6, 6.07) is 15.8. The molecule has 1 amide bonds. The Hall–Kier alpha value is -2.18. The smallest absolute Gasteiger partial charge is 0.233 e. The first-order valence-electron chi connectivity index (χ1n) is 9.88. The number of carbonyl (C=O) groups is 1. The van der Waals surface area contributed by atoms with E-state index >= 15 is 0 Å². The molecule has 4 nitrogen and oxygen atoms in total. The van der Waals surface area contributed by atoms with E-state index in [1.807, 2.05) is 62.4 Å². The summed E-state index contributed by atoms with van der Waals surface area (Å²) in [5.74, 6) is 0.878. The number of amides is 1. The van der Waals surface area contributed by atoms with Gasteiger partial charge in [0.25, 0.3) is 0 Å². The number of ether oxygens (including phenoxy) is 1. The Labute approximate surface area is 184 Å². The summed E-state index contributed by atoms with van der Waals surface area (Å²) in [5.41, 5.74) is 2.81. The third-order valence-electron chi connectivity index (χ3n) is 4.43. The van der Waals surface area contributed by atoms with Crippen LogP contribution in [0.25, 0.3) is 11.3 Å². The van der Waals surface area contributed by atoms with Crippen molar-refractivity contribution in [1.29, 1.82) is 0 Å². The van der Waals surface area contributed by atoms with Gasteiger partial charge in [-0.15, -0.1) is 11.3 Å². The minimum absolute atomic E-state index is 0.0300. The second kappa shape index (κ2) is 10.0. The second-order valence-corrected chi connectivity index (χ2v) is 8.51. The van der Waals surface area contributed by atoms with Crippen LogP contribution < -0.4 is 9.64 Å². The number of rotatable bonds is 8. The van der Waals surface area contributed by atoms with E-state index in [1.54, 1.807) is 16.2 Å². The van der Waals surface area contributed by atoms with E-state index in [0.29, 0.717) is 18.2 Å². The van der Waals surface area contributed by atoms with E-state index in [-0.39, 0.29) is 5.91 Å². The zero-order valence-electron chi connectivity index (χ0n) is 16.9. The normalized spacial score (nSPS) is 10.8. The molecule has 0 N–H and O–H groups in total. The van der Waals surface area contributed by atoms with Crippen LogP contribution in [-0.2, 0) is 11.2 Å². The number of thiazole rings is 1. The number of aryl methyl sites for hydroxylation is 1. The lowest BCUT2D eigenvalue weighted by Gasteiger charge is -2.19. The van der Waals surface area contributed by atoms with Crippen LogP contribution in [0.15, 0.2) is 53.0 Å². The van der Waals surface area contributed by atoms with Crippen molar-refractivity contribution >= 4 is 44.0 Å². The lowest BCUT2D eigenvalue weighted by Crippen LogP contribution is -2.24. The van der Waals surface area contributed by atoms with Gasteiger partial charge in [0.2, 0.25) is 5.91 Å². The van der Waals surface area contributed by atoms with Crippen LogP contribution in [-0.4, -0.2) is 17.5 Å². The minimum atomic E-state index is 0.0300. The Morgan fingerprint density at radius 3 is 2.34 bits per heavy atom. The summed E-state index contributed by atoms with van der Waals surface area (Å²) < 4.78 is 6.53. The molecular weight excluding hydrogens is 448 g/mol. The van der Waals surface area contributed by atoms with Crippen LogP contribution in [0.4, 0.5) is 10.8 Å². The van der Waals surface area contributed by atoms with E-state index < -0.39 is 0 Å². The summed E-state index contributed by atoms with van der Waals surface area (Å²) in [6.45, 7) is 6.65. The molecule has 152 valence electrons. The zero-order valence-corrected chi connectivity index (χ0v) is 19.3. The fourth-order valence-electron chi connectivity index (χ4n) is 3.04. The Balaban J connectivity index is 2.04. The molecule has 0 aliphatic carbocycles. The SMILES string of the molecule is CCCc1sc(N(C(=O)CC)c2ccc(Br)cc2)nc1-c1ccc(OCC)cc1. The van der Waals surface area contributed by atoms with Crippen LogP contribution >= 0.6 is 27.3 Å². The molecule has 3 aromatic rings. The van der Waals surface area contributed by atoms with Gasteiger partial charge in [0.05, 0.1) is 18.0 Å². The van der Waals surface area contributed by atoms with Gasteiger partial charge in [-0.1, -0.05) is 36.2 Å². The molecule has 2 aromatic carbocycles. The van der Waals surface area contributed by atoms with Crippen molar-refractivity contribution in [2.24, 2.45) is 0 Å². The average Bonchev–Trinajstić information content (AvgIpc) is 3.14. The van der Waals surface area contributed by atoms with Crippen LogP contribution in [0, 0.1) is 0 Å². The molecule has 0 spiro atoms. The van der Waals surface area contributed by atoms with E-state index in [4.69, 9.17) is 9.72 Å². The summed E-state index contributed by atoms with van der Waals surface area (Å²) in [4.78, 5) is 20.6. The van der Waals surface area contributed by atoms with Gasteiger partial charge in [-0.25, -0.2) is 4.98 Å². The third kappa shape index (κ3) is 5.06. The van der Waals surface area contributed by atoms with Gasteiger partial charge in [0.1, 0.15) is 5.75 Å². The predicted octanol–water partition coefficient (Wildman–Crippen LogP) is 7.00. The van der Waals surface area contributed by atoms with Gasteiger partial charge in [-0.3, -0.25) is 9.69 Å². The maximum absolute atomic E-state index is 12.8. The van der Waals surface area contributed by atoms with Crippen molar-refractivity contribution in [3.8, 4) is 17.0 Å². The standard InChI is InChI=1S/C23H25BrN2O2S/c1-4-7-20-22(16-8-14-19(15-9-16)28-6-3)25-23(29-20)26(21(27)5-2)18-12-10-17(24)11-13-18/h8-15H,4-7H2,1-3H3. The van der Waals surface area contributed by atoms with Crippen LogP contribution in [0.3, 0.4) is 0 Å². The Bertz CT molecular complexity index is 952. The molecule has 29 heavy (non-hydrogen) atoms. The number of hydrogen-bond acceptors (Lipinski definition) is 4. The van der Waals surface area contributed by atoms with Gasteiger partial charge in [0, 0.05) is 21.3 Å². The van der Waals surface area contributed by atoms with Gasteiger partial charge in [-0.05, 0) is 61.9 Å². The number of hydrogen-bond donors (Lipinski definition) is 0. The van der Waals surface area contributed by atoms with Crippen molar-refractivity contribution in [2.75, 3.05) is 11.5 Å². The highest BCUT2D eigenvalue weighted by atomic mass is 79.9. The molecular formula is C23H25BrN2O2S. The molecule has 0 saturated heterocycles. The Morgan fingerprint density at radius 2 is 1.76 bits per heavy atom. The molecule has 0 bridgehead atoms. The molecule has 1 aromatic heterocycles. The fourth-order valence-corrected chi connectivity index (χ4v) is 4.53. The lowest BCUT2D eigenvalue weighted by molar-refractivity contribution is -0.117. The molecule has 0 unspecified atom stereocenters. The van der Waals surface area contributed by atoms with Gasteiger partial charge >= 0.3 is 0 Å². The highest BCUT2D eigenvalue weighted by Gasteiger charge is 2.23. The second-order valence-electron chi connectivity index (χ2n) is 6.53. The van der Waals surface area contributed by atoms with Crippen molar-refractivity contribution in [2.45, 2.75) is 40.0 Å². The first-order chi connectivity index (χ1) is 14.1. The maximum Gasteiger partial charge on any atom is 0.233 e. The number of nitrogens with zero attached hydrogens (tertiary/aromatic N) is 2. The number of carbonyl (C=O) groups excluding carboxylic acids is 1. The largest absolute Gasteiger partial charge is 0.494 e. The van der Waals surface area contributed by atoms with Crippen LogP contribution in [0.1, 0.15) is 38.5 Å². The quantitative estimate of drug-likeness (QED) is 0.354. The average molecular weight is 473 g/mol. The number of benzene rings is 2. The molecule has 0 aliphatic rings. The topological polar surface area (TPSA) is 42.4 Å².